The van der Waals surface area contributed by atoms with Gasteiger partial charge in [-0.3, -0.25) is 14.9 Å². The number of hydrogen-bond acceptors (Lipinski definition) is 4. The van der Waals surface area contributed by atoms with Crippen LogP contribution in [-0.4, -0.2) is 21.9 Å². The van der Waals surface area contributed by atoms with Gasteiger partial charge in [-0.15, -0.1) is 0 Å². The predicted octanol–water partition coefficient (Wildman–Crippen LogP) is 2.23. The maximum Gasteiger partial charge on any atom is 0.331 e. The van der Waals surface area contributed by atoms with E-state index in [0.717, 1.165) is 13.8 Å². The predicted molar refractivity (Wildman–Crippen MR) is 67.7 cm³/mol. The standard InChI is InChI=1S/C12H10F2N2O5/c1-5(6(2)12(18)19)11(17)15-10-8(14)3-7(13)4-9(10)16(20)21/h3-4H,1-2H3,(H,15,17)(H,18,19). The summed E-state index contributed by atoms with van der Waals surface area (Å²) < 4.78 is 26.5. The zero-order valence-corrected chi connectivity index (χ0v) is 10.9. The number of nitro benzene ring substituents is 1. The summed E-state index contributed by atoms with van der Waals surface area (Å²) >= 11 is 0. The van der Waals surface area contributed by atoms with Gasteiger partial charge in [0.25, 0.3) is 11.6 Å². The fraction of sp³-hybridized carbons (Fsp3) is 0.167. The summed E-state index contributed by atoms with van der Waals surface area (Å²) in [5.41, 5.74) is -2.37. The van der Waals surface area contributed by atoms with Crippen molar-refractivity contribution < 1.29 is 28.4 Å². The lowest BCUT2D eigenvalue weighted by Gasteiger charge is -2.08. The van der Waals surface area contributed by atoms with Gasteiger partial charge in [-0.2, -0.15) is 0 Å². The molecule has 21 heavy (non-hydrogen) atoms. The van der Waals surface area contributed by atoms with Gasteiger partial charge in [-0.1, -0.05) is 0 Å². The van der Waals surface area contributed by atoms with Gasteiger partial charge >= 0.3 is 5.97 Å². The summed E-state index contributed by atoms with van der Waals surface area (Å²) in [6, 6.07) is 0.813. The number of carbonyl (C=O) groups is 2. The molecule has 1 aromatic rings. The van der Waals surface area contributed by atoms with Gasteiger partial charge in [-0.05, 0) is 13.8 Å². The third kappa shape index (κ3) is 3.59. The van der Waals surface area contributed by atoms with Crippen LogP contribution < -0.4 is 5.32 Å². The number of hydrogen-bond donors (Lipinski definition) is 2. The third-order valence-electron chi connectivity index (χ3n) is 2.69. The SMILES string of the molecule is CC(C(=O)O)=C(C)C(=O)Nc1c(F)cc(F)cc1[N+](=O)[O-]. The van der Waals surface area contributed by atoms with Crippen molar-refractivity contribution in [1.82, 2.24) is 0 Å². The Morgan fingerprint density at radius 3 is 2.29 bits per heavy atom. The minimum Gasteiger partial charge on any atom is -0.478 e. The van der Waals surface area contributed by atoms with E-state index in [4.69, 9.17) is 5.11 Å². The number of aliphatic carboxylic acids is 1. The Kier molecular flexibility index (Phi) is 4.69. The molecule has 1 rings (SSSR count). The van der Waals surface area contributed by atoms with Gasteiger partial charge in [0.15, 0.2) is 11.5 Å². The maximum absolute atomic E-state index is 13.6. The molecule has 7 nitrogen and oxygen atoms in total. The summed E-state index contributed by atoms with van der Waals surface area (Å²) in [5, 5.41) is 21.3. The lowest BCUT2D eigenvalue weighted by molar-refractivity contribution is -0.384. The van der Waals surface area contributed by atoms with Crippen LogP contribution in [0.2, 0.25) is 0 Å². The Hall–Kier alpha value is -2.84. The molecule has 1 aromatic carbocycles. The largest absolute Gasteiger partial charge is 0.478 e. The van der Waals surface area contributed by atoms with E-state index in [1.54, 1.807) is 0 Å². The van der Waals surface area contributed by atoms with Crippen LogP contribution >= 0.6 is 0 Å². The van der Waals surface area contributed by atoms with E-state index in [-0.39, 0.29) is 11.1 Å². The number of carbonyl (C=O) groups excluding carboxylic acids is 1. The van der Waals surface area contributed by atoms with Crippen LogP contribution in [0.5, 0.6) is 0 Å². The molecule has 9 heteroatoms. The summed E-state index contributed by atoms with van der Waals surface area (Å²) in [6.07, 6.45) is 0. The second-order valence-electron chi connectivity index (χ2n) is 4.05. The van der Waals surface area contributed by atoms with Gasteiger partial charge in [0, 0.05) is 17.2 Å². The van der Waals surface area contributed by atoms with E-state index >= 15 is 0 Å². The monoisotopic (exact) mass is 300 g/mol. The van der Waals surface area contributed by atoms with Crippen molar-refractivity contribution in [3.05, 3.63) is 45.0 Å². The topological polar surface area (TPSA) is 110 Å². The minimum atomic E-state index is -1.36. The van der Waals surface area contributed by atoms with Gasteiger partial charge in [0.2, 0.25) is 0 Å². The van der Waals surface area contributed by atoms with Crippen molar-refractivity contribution in [1.29, 1.82) is 0 Å². The number of rotatable bonds is 4. The highest BCUT2D eigenvalue weighted by atomic mass is 19.1. The number of anilines is 1. The molecule has 0 aromatic heterocycles. The van der Waals surface area contributed by atoms with Gasteiger partial charge < -0.3 is 10.4 Å². The number of nitrogens with one attached hydrogen (secondary N) is 1. The van der Waals surface area contributed by atoms with Crippen molar-refractivity contribution in [3.8, 4) is 0 Å². The highest BCUT2D eigenvalue weighted by molar-refractivity contribution is 6.08. The molecule has 0 heterocycles. The number of nitro groups is 1. The molecule has 112 valence electrons. The Bertz CT molecular complexity index is 670. The molecule has 1 amide bonds. The number of carboxylic acid groups (broad SMARTS) is 1. The van der Waals surface area contributed by atoms with Gasteiger partial charge in [0.1, 0.15) is 5.82 Å². The molecule has 0 aliphatic rings. The first-order valence-electron chi connectivity index (χ1n) is 5.50. The average Bonchev–Trinajstić information content (AvgIpc) is 2.39. The van der Waals surface area contributed by atoms with Crippen LogP contribution in [0.25, 0.3) is 0 Å². The molecule has 0 spiro atoms. The molecule has 0 saturated heterocycles. The Balaban J connectivity index is 3.26. The third-order valence-corrected chi connectivity index (χ3v) is 2.69. The smallest absolute Gasteiger partial charge is 0.331 e. The summed E-state index contributed by atoms with van der Waals surface area (Å²) in [5.74, 6) is -4.91. The summed E-state index contributed by atoms with van der Waals surface area (Å²) in [6.45, 7) is 2.30. The van der Waals surface area contributed by atoms with Crippen molar-refractivity contribution in [3.63, 3.8) is 0 Å². The number of amides is 1. The second-order valence-corrected chi connectivity index (χ2v) is 4.05. The Labute approximate surface area is 117 Å². The Morgan fingerprint density at radius 2 is 1.81 bits per heavy atom. The van der Waals surface area contributed by atoms with E-state index in [1.165, 1.54) is 0 Å². The van der Waals surface area contributed by atoms with Gasteiger partial charge in [-0.25, -0.2) is 13.6 Å². The van der Waals surface area contributed by atoms with Crippen molar-refractivity contribution >= 4 is 23.3 Å². The molecular formula is C12H10F2N2O5. The highest BCUT2D eigenvalue weighted by Gasteiger charge is 2.23. The highest BCUT2D eigenvalue weighted by Crippen LogP contribution is 2.29. The number of nitrogens with zero attached hydrogens (tertiary/aromatic N) is 1. The minimum absolute atomic E-state index is 0.263. The van der Waals surface area contributed by atoms with Crippen LogP contribution in [0.1, 0.15) is 13.8 Å². The van der Waals surface area contributed by atoms with E-state index in [9.17, 15) is 28.5 Å². The van der Waals surface area contributed by atoms with Crippen molar-refractivity contribution in [2.45, 2.75) is 13.8 Å². The van der Waals surface area contributed by atoms with E-state index in [0.29, 0.717) is 12.1 Å². The molecule has 0 bridgehead atoms. The van der Waals surface area contributed by atoms with E-state index in [1.807, 2.05) is 5.32 Å². The first-order chi connectivity index (χ1) is 9.65. The van der Waals surface area contributed by atoms with Gasteiger partial charge in [0.05, 0.1) is 11.0 Å². The number of carboxylic acids is 1. The maximum atomic E-state index is 13.6. The normalized spacial score (nSPS) is 11.6. The number of halogens is 2. The van der Waals surface area contributed by atoms with Crippen LogP contribution in [0.4, 0.5) is 20.2 Å². The molecular weight excluding hydrogens is 290 g/mol. The second kappa shape index (κ2) is 6.07. The molecule has 0 radical (unpaired) electrons. The first-order valence-corrected chi connectivity index (χ1v) is 5.50. The van der Waals surface area contributed by atoms with E-state index < -0.39 is 39.8 Å². The number of benzene rings is 1. The fourth-order valence-corrected chi connectivity index (χ4v) is 1.37. The average molecular weight is 300 g/mol. The first kappa shape index (κ1) is 16.2. The fourth-order valence-electron chi connectivity index (χ4n) is 1.37. The lowest BCUT2D eigenvalue weighted by Crippen LogP contribution is -2.18. The quantitative estimate of drug-likeness (QED) is 0.503. The molecule has 0 unspecified atom stereocenters. The zero-order valence-electron chi connectivity index (χ0n) is 10.9. The van der Waals surface area contributed by atoms with Crippen molar-refractivity contribution in [2.75, 3.05) is 5.32 Å². The zero-order chi connectivity index (χ0) is 16.3. The molecule has 0 atom stereocenters. The summed E-state index contributed by atoms with van der Waals surface area (Å²) in [7, 11) is 0. The molecule has 0 aliphatic carbocycles. The van der Waals surface area contributed by atoms with Crippen LogP contribution in [0.15, 0.2) is 23.3 Å². The molecule has 0 saturated carbocycles. The Morgan fingerprint density at radius 1 is 1.24 bits per heavy atom. The molecule has 0 aliphatic heterocycles. The van der Waals surface area contributed by atoms with Crippen LogP contribution in [0.3, 0.4) is 0 Å². The van der Waals surface area contributed by atoms with Crippen LogP contribution in [-0.2, 0) is 9.59 Å². The van der Waals surface area contributed by atoms with Crippen LogP contribution in [0, 0.1) is 21.7 Å². The molecule has 0 fully saturated rings. The molecule has 2 N–H and O–H groups in total. The lowest BCUT2D eigenvalue weighted by atomic mass is 10.1. The summed E-state index contributed by atoms with van der Waals surface area (Å²) in [4.78, 5) is 32.1. The van der Waals surface area contributed by atoms with Crippen molar-refractivity contribution in [2.24, 2.45) is 0 Å². The van der Waals surface area contributed by atoms with E-state index in [2.05, 4.69) is 0 Å².